The first-order chi connectivity index (χ1) is 15.4. The van der Waals surface area contributed by atoms with Gasteiger partial charge in [-0.3, -0.25) is 14.9 Å². The van der Waals surface area contributed by atoms with Gasteiger partial charge in [0.2, 0.25) is 0 Å². The number of fused-ring (bicyclic) bond motifs is 1. The highest BCUT2D eigenvalue weighted by molar-refractivity contribution is 5.96. The van der Waals surface area contributed by atoms with E-state index in [-0.39, 0.29) is 11.6 Å². The first-order valence-corrected chi connectivity index (χ1v) is 10.4. The molecule has 0 aliphatic carbocycles. The molecule has 0 atom stereocenters. The van der Waals surface area contributed by atoms with E-state index in [0.717, 1.165) is 22.3 Å². The summed E-state index contributed by atoms with van der Waals surface area (Å²) >= 11 is 0. The minimum atomic E-state index is -0.464. The Morgan fingerprint density at radius 1 is 1.19 bits per heavy atom. The van der Waals surface area contributed by atoms with Gasteiger partial charge in [-0.15, -0.1) is 0 Å². The van der Waals surface area contributed by atoms with Crippen molar-refractivity contribution in [3.8, 4) is 0 Å². The Labute approximate surface area is 185 Å². The molecule has 3 aromatic rings. The van der Waals surface area contributed by atoms with Crippen LogP contribution < -0.4 is 10.2 Å². The van der Waals surface area contributed by atoms with E-state index in [0.29, 0.717) is 44.1 Å². The molecule has 2 aromatic carbocycles. The van der Waals surface area contributed by atoms with Crippen molar-refractivity contribution in [3.05, 3.63) is 69.8 Å². The van der Waals surface area contributed by atoms with Gasteiger partial charge in [-0.25, -0.2) is 4.98 Å². The smallest absolute Gasteiger partial charge is 0.293 e. The number of pyridine rings is 1. The predicted octanol–water partition coefficient (Wildman–Crippen LogP) is 3.29. The fourth-order valence-corrected chi connectivity index (χ4v) is 3.71. The second-order valence-corrected chi connectivity index (χ2v) is 7.80. The molecular formula is C23H25N5O4. The Kier molecular flexibility index (Phi) is 6.18. The summed E-state index contributed by atoms with van der Waals surface area (Å²) in [6, 6.07) is 14.3. The third-order valence-electron chi connectivity index (χ3n) is 5.46. The van der Waals surface area contributed by atoms with Crippen LogP contribution in [0.3, 0.4) is 0 Å². The van der Waals surface area contributed by atoms with Gasteiger partial charge in [-0.1, -0.05) is 18.2 Å². The number of anilines is 2. The number of hydrogen-bond acceptors (Lipinski definition) is 7. The molecule has 1 N–H and O–H groups in total. The maximum absolute atomic E-state index is 12.7. The van der Waals surface area contributed by atoms with Gasteiger partial charge in [-0.05, 0) is 29.8 Å². The van der Waals surface area contributed by atoms with Crippen molar-refractivity contribution in [1.29, 1.82) is 0 Å². The van der Waals surface area contributed by atoms with Crippen LogP contribution in [0.4, 0.5) is 17.2 Å². The quantitative estimate of drug-likeness (QED) is 0.468. The summed E-state index contributed by atoms with van der Waals surface area (Å²) < 4.78 is 5.27. The number of hydrogen-bond donors (Lipinski definition) is 1. The van der Waals surface area contributed by atoms with E-state index in [1.807, 2.05) is 49.3 Å². The molecule has 0 saturated carbocycles. The molecule has 1 amide bonds. The van der Waals surface area contributed by atoms with E-state index in [2.05, 4.69) is 10.3 Å². The Hall–Kier alpha value is -3.72. The lowest BCUT2D eigenvalue weighted by Crippen LogP contribution is -2.40. The number of aromatic nitrogens is 1. The molecule has 9 nitrogen and oxygen atoms in total. The number of para-hydroxylation sites is 1. The van der Waals surface area contributed by atoms with E-state index >= 15 is 0 Å². The van der Waals surface area contributed by atoms with Crippen LogP contribution in [0.5, 0.6) is 0 Å². The molecule has 0 bridgehead atoms. The maximum Gasteiger partial charge on any atom is 0.293 e. The first kappa shape index (κ1) is 21.5. The fraction of sp³-hybridized carbons (Fsp3) is 0.304. The highest BCUT2D eigenvalue weighted by Gasteiger charge is 2.22. The summed E-state index contributed by atoms with van der Waals surface area (Å²) in [5.41, 5.74) is 2.36. The number of ether oxygens (including phenoxy) is 1. The molecule has 0 unspecified atom stereocenters. The van der Waals surface area contributed by atoms with Gasteiger partial charge in [0, 0.05) is 50.7 Å². The molecule has 1 fully saturated rings. The van der Waals surface area contributed by atoms with Crippen LogP contribution in [0, 0.1) is 10.1 Å². The third kappa shape index (κ3) is 4.47. The van der Waals surface area contributed by atoms with Gasteiger partial charge in [0.05, 0.1) is 23.7 Å². The van der Waals surface area contributed by atoms with Crippen LogP contribution in [0.25, 0.3) is 10.9 Å². The lowest BCUT2D eigenvalue weighted by atomic mass is 10.1. The topological polar surface area (TPSA) is 101 Å². The number of nitro groups is 1. The zero-order valence-electron chi connectivity index (χ0n) is 18.1. The van der Waals surface area contributed by atoms with Gasteiger partial charge in [-0.2, -0.15) is 0 Å². The molecule has 0 radical (unpaired) electrons. The number of nitro benzene ring substituents is 1. The van der Waals surface area contributed by atoms with Gasteiger partial charge in [0.1, 0.15) is 11.5 Å². The number of nitrogens with one attached hydrogen (secondary N) is 1. The average Bonchev–Trinajstić information content (AvgIpc) is 2.82. The number of benzene rings is 2. The lowest BCUT2D eigenvalue weighted by Gasteiger charge is -2.26. The third-order valence-corrected chi connectivity index (χ3v) is 5.46. The van der Waals surface area contributed by atoms with Crippen molar-refractivity contribution in [2.24, 2.45) is 0 Å². The van der Waals surface area contributed by atoms with E-state index < -0.39 is 4.92 Å². The lowest BCUT2D eigenvalue weighted by molar-refractivity contribution is -0.384. The van der Waals surface area contributed by atoms with Crippen LogP contribution in [0.15, 0.2) is 48.5 Å². The van der Waals surface area contributed by atoms with Gasteiger partial charge in [0.25, 0.3) is 11.6 Å². The summed E-state index contributed by atoms with van der Waals surface area (Å²) in [5, 5.41) is 15.9. The second-order valence-electron chi connectivity index (χ2n) is 7.80. The van der Waals surface area contributed by atoms with E-state index in [9.17, 15) is 14.9 Å². The molecule has 4 rings (SSSR count). The fourth-order valence-electron chi connectivity index (χ4n) is 3.71. The second kappa shape index (κ2) is 9.19. The summed E-state index contributed by atoms with van der Waals surface area (Å²) in [6.07, 6.45) is 0. The molecule has 166 valence electrons. The van der Waals surface area contributed by atoms with Crippen LogP contribution >= 0.6 is 0 Å². The number of morpholine rings is 1. The molecule has 2 heterocycles. The summed E-state index contributed by atoms with van der Waals surface area (Å²) in [7, 11) is 3.84. The van der Waals surface area contributed by atoms with Crippen molar-refractivity contribution in [3.63, 3.8) is 0 Å². The standard InChI is InChI=1S/C23H25N5O4/c1-26(2)22-14-17(18-5-3-4-6-19(18)25-22)15-24-20-8-7-16(13-21(20)28(30)31)23(29)27-9-11-32-12-10-27/h3-8,13-14,24H,9-12,15H2,1-2H3. The summed E-state index contributed by atoms with van der Waals surface area (Å²) in [6.45, 7) is 2.29. The first-order valence-electron chi connectivity index (χ1n) is 10.4. The van der Waals surface area contributed by atoms with Gasteiger partial charge in [0.15, 0.2) is 0 Å². The normalized spacial score (nSPS) is 13.8. The zero-order valence-corrected chi connectivity index (χ0v) is 18.1. The number of carbonyl (C=O) groups is 1. The minimum Gasteiger partial charge on any atom is -0.378 e. The Bertz CT molecular complexity index is 1160. The number of carbonyl (C=O) groups excluding carboxylic acids is 1. The molecule has 1 aliphatic rings. The Morgan fingerprint density at radius 2 is 1.94 bits per heavy atom. The largest absolute Gasteiger partial charge is 0.378 e. The minimum absolute atomic E-state index is 0.129. The van der Waals surface area contributed by atoms with Crippen molar-refractivity contribution >= 4 is 34.0 Å². The molecule has 1 aromatic heterocycles. The highest BCUT2D eigenvalue weighted by atomic mass is 16.6. The summed E-state index contributed by atoms with van der Waals surface area (Å²) in [5.74, 6) is 0.583. The van der Waals surface area contributed by atoms with Crippen molar-refractivity contribution in [1.82, 2.24) is 9.88 Å². The highest BCUT2D eigenvalue weighted by Crippen LogP contribution is 2.29. The van der Waals surface area contributed by atoms with Crippen LogP contribution in [0.1, 0.15) is 15.9 Å². The van der Waals surface area contributed by atoms with Crippen LogP contribution in [-0.2, 0) is 11.3 Å². The molecule has 0 spiro atoms. The Morgan fingerprint density at radius 3 is 2.66 bits per heavy atom. The Balaban J connectivity index is 1.61. The SMILES string of the molecule is CN(C)c1cc(CNc2ccc(C(=O)N3CCOCC3)cc2[N+](=O)[O-])c2ccccc2n1. The molecule has 1 aliphatic heterocycles. The van der Waals surface area contributed by atoms with Crippen molar-refractivity contribution in [2.45, 2.75) is 6.54 Å². The van der Waals surface area contributed by atoms with E-state index in [1.165, 1.54) is 6.07 Å². The predicted molar refractivity (Wildman–Crippen MR) is 123 cm³/mol. The number of rotatable bonds is 6. The van der Waals surface area contributed by atoms with Gasteiger partial charge >= 0.3 is 0 Å². The number of amides is 1. The zero-order chi connectivity index (χ0) is 22.7. The van der Waals surface area contributed by atoms with E-state index in [4.69, 9.17) is 4.74 Å². The molecular weight excluding hydrogens is 410 g/mol. The molecule has 1 saturated heterocycles. The van der Waals surface area contributed by atoms with E-state index in [1.54, 1.807) is 17.0 Å². The van der Waals surface area contributed by atoms with Crippen molar-refractivity contribution < 1.29 is 14.5 Å². The molecule has 32 heavy (non-hydrogen) atoms. The van der Waals surface area contributed by atoms with Crippen molar-refractivity contribution in [2.75, 3.05) is 50.6 Å². The summed E-state index contributed by atoms with van der Waals surface area (Å²) in [4.78, 5) is 32.2. The number of nitrogens with zero attached hydrogens (tertiary/aromatic N) is 4. The van der Waals surface area contributed by atoms with Crippen LogP contribution in [-0.4, -0.2) is 61.1 Å². The maximum atomic E-state index is 12.7. The monoisotopic (exact) mass is 435 g/mol. The molecule has 9 heteroatoms. The van der Waals surface area contributed by atoms with Crippen LogP contribution in [0.2, 0.25) is 0 Å². The van der Waals surface area contributed by atoms with Gasteiger partial charge < -0.3 is 19.9 Å². The average molecular weight is 435 g/mol.